The topological polar surface area (TPSA) is 54.5 Å². The molecule has 0 spiro atoms. The van der Waals surface area contributed by atoms with Gasteiger partial charge in [-0.1, -0.05) is 32.9 Å². The number of amides is 1. The Kier molecular flexibility index (Phi) is 7.37. The third-order valence-electron chi connectivity index (χ3n) is 6.45. The molecule has 2 aromatic rings. The van der Waals surface area contributed by atoms with Crippen LogP contribution < -0.4 is 10.1 Å². The summed E-state index contributed by atoms with van der Waals surface area (Å²) in [5, 5.41) is 3.32. The van der Waals surface area contributed by atoms with Crippen LogP contribution in [0.4, 0.5) is 0 Å². The molecular formula is C26H37N3O2. The second-order valence-corrected chi connectivity index (χ2v) is 9.77. The number of hydrogen-bond donors (Lipinski definition) is 1. The van der Waals surface area contributed by atoms with Crippen molar-refractivity contribution in [2.45, 2.75) is 60.0 Å². The maximum Gasteiger partial charge on any atom is 0.225 e. The van der Waals surface area contributed by atoms with Gasteiger partial charge in [-0.2, -0.15) is 0 Å². The molecule has 31 heavy (non-hydrogen) atoms. The average molecular weight is 424 g/mol. The Balaban J connectivity index is 1.79. The number of ether oxygens (including phenoxy) is 1. The summed E-state index contributed by atoms with van der Waals surface area (Å²) in [5.41, 5.74) is 4.36. The van der Waals surface area contributed by atoms with Crippen LogP contribution in [-0.4, -0.2) is 36.0 Å². The molecule has 1 fully saturated rings. The Bertz CT molecular complexity index is 890. The maximum absolute atomic E-state index is 12.8. The van der Waals surface area contributed by atoms with E-state index in [9.17, 15) is 4.79 Å². The van der Waals surface area contributed by atoms with Crippen molar-refractivity contribution in [2.75, 3.05) is 20.2 Å². The van der Waals surface area contributed by atoms with Crippen LogP contribution in [0.3, 0.4) is 0 Å². The molecule has 1 amide bonds. The number of hydrogen-bond acceptors (Lipinski definition) is 4. The largest absolute Gasteiger partial charge is 0.496 e. The average Bonchev–Trinajstić information content (AvgIpc) is 2.75. The molecule has 0 saturated carbocycles. The van der Waals surface area contributed by atoms with Crippen molar-refractivity contribution < 1.29 is 9.53 Å². The minimum Gasteiger partial charge on any atom is -0.496 e. The SMILES string of the molecule is COc1ccc(CN2CCC[C@@H]([C@H](NC(=O)C(C)(C)C)c3ccccn3)C2)c(C)c1C. The fraction of sp³-hybridized carbons (Fsp3) is 0.538. The number of benzene rings is 1. The highest BCUT2D eigenvalue weighted by molar-refractivity contribution is 5.81. The highest BCUT2D eigenvalue weighted by Crippen LogP contribution is 2.32. The molecule has 0 radical (unpaired) electrons. The lowest BCUT2D eigenvalue weighted by molar-refractivity contribution is -0.130. The first-order valence-electron chi connectivity index (χ1n) is 11.3. The van der Waals surface area contributed by atoms with Crippen molar-refractivity contribution >= 4 is 5.91 Å². The van der Waals surface area contributed by atoms with Crippen molar-refractivity contribution in [1.82, 2.24) is 15.2 Å². The van der Waals surface area contributed by atoms with Gasteiger partial charge in [-0.25, -0.2) is 0 Å². The van der Waals surface area contributed by atoms with Gasteiger partial charge < -0.3 is 10.1 Å². The molecule has 1 aromatic heterocycles. The van der Waals surface area contributed by atoms with E-state index < -0.39 is 5.41 Å². The molecular weight excluding hydrogens is 386 g/mol. The van der Waals surface area contributed by atoms with Crippen LogP contribution in [0.5, 0.6) is 5.75 Å². The van der Waals surface area contributed by atoms with Crippen LogP contribution in [-0.2, 0) is 11.3 Å². The molecule has 1 aliphatic heterocycles. The monoisotopic (exact) mass is 423 g/mol. The van der Waals surface area contributed by atoms with Gasteiger partial charge in [-0.15, -0.1) is 0 Å². The number of aromatic nitrogens is 1. The molecule has 5 nitrogen and oxygen atoms in total. The first-order chi connectivity index (χ1) is 14.7. The van der Waals surface area contributed by atoms with Crippen LogP contribution in [0.2, 0.25) is 0 Å². The number of piperidine rings is 1. The zero-order valence-electron chi connectivity index (χ0n) is 19.9. The second-order valence-electron chi connectivity index (χ2n) is 9.77. The lowest BCUT2D eigenvalue weighted by Crippen LogP contribution is -2.45. The van der Waals surface area contributed by atoms with Crippen molar-refractivity contribution in [3.63, 3.8) is 0 Å². The van der Waals surface area contributed by atoms with E-state index in [0.717, 1.165) is 43.9 Å². The Morgan fingerprint density at radius 2 is 2.00 bits per heavy atom. The minimum absolute atomic E-state index is 0.0712. The van der Waals surface area contributed by atoms with E-state index in [0.29, 0.717) is 5.92 Å². The predicted molar refractivity (Wildman–Crippen MR) is 125 cm³/mol. The molecule has 5 heteroatoms. The van der Waals surface area contributed by atoms with Crippen LogP contribution in [0.1, 0.15) is 62.0 Å². The van der Waals surface area contributed by atoms with Gasteiger partial charge in [-0.3, -0.25) is 14.7 Å². The van der Waals surface area contributed by atoms with E-state index in [-0.39, 0.29) is 11.9 Å². The van der Waals surface area contributed by atoms with E-state index in [1.165, 1.54) is 16.7 Å². The fourth-order valence-electron chi connectivity index (χ4n) is 4.34. The van der Waals surface area contributed by atoms with Gasteiger partial charge in [0.15, 0.2) is 0 Å². The van der Waals surface area contributed by atoms with Crippen molar-refractivity contribution in [1.29, 1.82) is 0 Å². The molecule has 2 heterocycles. The van der Waals surface area contributed by atoms with Gasteiger partial charge >= 0.3 is 0 Å². The van der Waals surface area contributed by atoms with Gasteiger partial charge in [0.1, 0.15) is 5.75 Å². The predicted octanol–water partition coefficient (Wildman–Crippen LogP) is 4.82. The number of nitrogens with zero attached hydrogens (tertiary/aromatic N) is 2. The number of likely N-dealkylation sites (tertiary alicyclic amines) is 1. The molecule has 0 aliphatic carbocycles. The summed E-state index contributed by atoms with van der Waals surface area (Å²) in [6.07, 6.45) is 4.02. The number of nitrogens with one attached hydrogen (secondary N) is 1. The molecule has 1 N–H and O–H groups in total. The quantitative estimate of drug-likeness (QED) is 0.724. The van der Waals surface area contributed by atoms with E-state index in [1.807, 2.05) is 45.2 Å². The highest BCUT2D eigenvalue weighted by Gasteiger charge is 2.33. The second kappa shape index (κ2) is 9.82. The Hall–Kier alpha value is -2.40. The van der Waals surface area contributed by atoms with E-state index in [2.05, 4.69) is 41.2 Å². The molecule has 1 aliphatic rings. The summed E-state index contributed by atoms with van der Waals surface area (Å²) < 4.78 is 5.47. The molecule has 0 bridgehead atoms. The zero-order valence-corrected chi connectivity index (χ0v) is 19.9. The van der Waals surface area contributed by atoms with Gasteiger partial charge in [0.25, 0.3) is 0 Å². The van der Waals surface area contributed by atoms with E-state index in [4.69, 9.17) is 4.74 Å². The van der Waals surface area contributed by atoms with Gasteiger partial charge in [0.2, 0.25) is 5.91 Å². The molecule has 2 atom stereocenters. The van der Waals surface area contributed by atoms with Crippen LogP contribution in [0.25, 0.3) is 0 Å². The number of carbonyl (C=O) groups is 1. The van der Waals surface area contributed by atoms with Crippen molar-refractivity contribution in [3.05, 3.63) is 58.9 Å². The van der Waals surface area contributed by atoms with Crippen LogP contribution in [0.15, 0.2) is 36.5 Å². The first kappa shape index (κ1) is 23.3. The van der Waals surface area contributed by atoms with Crippen LogP contribution in [0, 0.1) is 25.2 Å². The van der Waals surface area contributed by atoms with E-state index in [1.54, 1.807) is 7.11 Å². The molecule has 168 valence electrons. The standard InChI is InChI=1S/C26H37N3O2/c1-18-19(2)23(31-6)13-12-20(18)16-29-15-9-10-21(17-29)24(22-11-7-8-14-27-22)28-25(30)26(3,4)5/h7-8,11-14,21,24H,9-10,15-17H2,1-6H3,(H,28,30)/t21-,24+/m1/s1. The Morgan fingerprint density at radius 3 is 2.65 bits per heavy atom. The molecule has 1 saturated heterocycles. The van der Waals surface area contributed by atoms with Gasteiger partial charge in [0, 0.05) is 24.7 Å². The van der Waals surface area contributed by atoms with Gasteiger partial charge in [-0.05, 0) is 74.0 Å². The van der Waals surface area contributed by atoms with Gasteiger partial charge in [0.05, 0.1) is 18.8 Å². The van der Waals surface area contributed by atoms with E-state index >= 15 is 0 Å². The zero-order chi connectivity index (χ0) is 22.6. The Morgan fingerprint density at radius 1 is 1.23 bits per heavy atom. The number of carbonyl (C=O) groups excluding carboxylic acids is 1. The summed E-state index contributed by atoms with van der Waals surface area (Å²) in [7, 11) is 1.72. The lowest BCUT2D eigenvalue weighted by atomic mass is 9.86. The fourth-order valence-corrected chi connectivity index (χ4v) is 4.34. The minimum atomic E-state index is -0.431. The maximum atomic E-state index is 12.8. The number of methoxy groups -OCH3 is 1. The third kappa shape index (κ3) is 5.65. The molecule has 0 unspecified atom stereocenters. The normalized spacial score (nSPS) is 18.5. The smallest absolute Gasteiger partial charge is 0.225 e. The van der Waals surface area contributed by atoms with Crippen molar-refractivity contribution in [2.24, 2.45) is 11.3 Å². The summed E-state index contributed by atoms with van der Waals surface area (Å²) in [4.78, 5) is 20.0. The first-order valence-corrected chi connectivity index (χ1v) is 11.3. The lowest BCUT2D eigenvalue weighted by Gasteiger charge is -2.38. The summed E-state index contributed by atoms with van der Waals surface area (Å²) >= 11 is 0. The van der Waals surface area contributed by atoms with Crippen LogP contribution >= 0.6 is 0 Å². The van der Waals surface area contributed by atoms with Crippen molar-refractivity contribution in [3.8, 4) is 5.75 Å². The summed E-state index contributed by atoms with van der Waals surface area (Å²) in [5.74, 6) is 1.34. The number of rotatable bonds is 6. The highest BCUT2D eigenvalue weighted by atomic mass is 16.5. The molecule has 1 aromatic carbocycles. The summed E-state index contributed by atoms with van der Waals surface area (Å²) in [6, 6.07) is 10.1. The third-order valence-corrected chi connectivity index (χ3v) is 6.45. The molecule has 3 rings (SSSR count). The number of pyridine rings is 1. The summed E-state index contributed by atoms with van der Waals surface area (Å²) in [6.45, 7) is 13.1. The Labute approximate surface area is 187 Å².